The van der Waals surface area contributed by atoms with Gasteiger partial charge in [0.05, 0.1) is 33.5 Å². The summed E-state index contributed by atoms with van der Waals surface area (Å²) in [5, 5.41) is 13.1. The Morgan fingerprint density at radius 2 is 1.74 bits per heavy atom. The molecule has 0 unspecified atom stereocenters. The van der Waals surface area contributed by atoms with Crippen LogP contribution in [0.4, 0.5) is 0 Å². The van der Waals surface area contributed by atoms with Crippen molar-refractivity contribution in [2.75, 3.05) is 40.5 Å². The number of methoxy groups -OCH3 is 2. The quantitative estimate of drug-likeness (QED) is 0.556. The molecule has 0 aliphatic heterocycles. The second-order valence-electron chi connectivity index (χ2n) is 6.22. The van der Waals surface area contributed by atoms with Gasteiger partial charge in [0.15, 0.2) is 11.5 Å². The van der Waals surface area contributed by atoms with Crippen LogP contribution in [0.15, 0.2) is 42.5 Å². The van der Waals surface area contributed by atoms with Crippen molar-refractivity contribution in [2.24, 2.45) is 0 Å². The third-order valence-corrected chi connectivity index (χ3v) is 3.98. The zero-order valence-corrected chi connectivity index (χ0v) is 16.2. The number of hydrogen-bond donors (Lipinski definition) is 2. The molecule has 0 aliphatic rings. The van der Waals surface area contributed by atoms with Crippen LogP contribution in [0.5, 0.6) is 17.2 Å². The average molecular weight is 375 g/mol. The molecule has 2 aromatic rings. The van der Waals surface area contributed by atoms with E-state index in [1.807, 2.05) is 49.4 Å². The third kappa shape index (κ3) is 7.46. The number of rotatable bonds is 12. The van der Waals surface area contributed by atoms with E-state index in [1.54, 1.807) is 14.2 Å². The molecule has 27 heavy (non-hydrogen) atoms. The Morgan fingerprint density at radius 3 is 2.44 bits per heavy atom. The monoisotopic (exact) mass is 375 g/mol. The Hall–Kier alpha value is -2.28. The lowest BCUT2D eigenvalue weighted by atomic mass is 10.2. The van der Waals surface area contributed by atoms with E-state index in [1.165, 1.54) is 5.56 Å². The predicted octanol–water partition coefficient (Wildman–Crippen LogP) is 2.56. The highest BCUT2D eigenvalue weighted by molar-refractivity contribution is 5.42. The molecular formula is C21H29NO5. The third-order valence-electron chi connectivity index (χ3n) is 3.98. The van der Waals surface area contributed by atoms with Gasteiger partial charge in [0, 0.05) is 13.1 Å². The maximum absolute atomic E-state index is 9.98. The first-order valence-electron chi connectivity index (χ1n) is 8.99. The van der Waals surface area contributed by atoms with Gasteiger partial charge in [-0.2, -0.15) is 0 Å². The molecule has 0 amide bonds. The van der Waals surface area contributed by atoms with Crippen LogP contribution in [0, 0.1) is 6.92 Å². The number of ether oxygens (including phenoxy) is 4. The first kappa shape index (κ1) is 21.0. The fourth-order valence-corrected chi connectivity index (χ4v) is 2.49. The van der Waals surface area contributed by atoms with Crippen LogP contribution in [0.1, 0.15) is 11.1 Å². The SMILES string of the molecule is COc1ccc(COC[C@@H](O)CNCCOc2ccc(C)cc2)cc1OC. The molecule has 2 rings (SSSR count). The lowest BCUT2D eigenvalue weighted by Crippen LogP contribution is -2.32. The molecule has 0 radical (unpaired) electrons. The second kappa shape index (κ2) is 11.4. The normalized spacial score (nSPS) is 11.9. The van der Waals surface area contributed by atoms with Crippen molar-refractivity contribution in [1.29, 1.82) is 0 Å². The summed E-state index contributed by atoms with van der Waals surface area (Å²) in [7, 11) is 3.20. The lowest BCUT2D eigenvalue weighted by molar-refractivity contribution is 0.0285. The highest BCUT2D eigenvalue weighted by Gasteiger charge is 2.07. The van der Waals surface area contributed by atoms with Crippen molar-refractivity contribution >= 4 is 0 Å². The van der Waals surface area contributed by atoms with Gasteiger partial charge in [-0.1, -0.05) is 23.8 Å². The summed E-state index contributed by atoms with van der Waals surface area (Å²) in [5.41, 5.74) is 2.16. The molecule has 0 saturated carbocycles. The van der Waals surface area contributed by atoms with E-state index in [2.05, 4.69) is 5.32 Å². The van der Waals surface area contributed by atoms with E-state index >= 15 is 0 Å². The Bertz CT molecular complexity index is 675. The molecule has 0 heterocycles. The molecule has 0 spiro atoms. The van der Waals surface area contributed by atoms with Crippen molar-refractivity contribution in [3.05, 3.63) is 53.6 Å². The van der Waals surface area contributed by atoms with Crippen LogP contribution < -0.4 is 19.5 Å². The molecule has 0 bridgehead atoms. The molecule has 148 valence electrons. The van der Waals surface area contributed by atoms with Gasteiger partial charge in [0.1, 0.15) is 12.4 Å². The van der Waals surface area contributed by atoms with Gasteiger partial charge in [-0.05, 0) is 36.8 Å². The largest absolute Gasteiger partial charge is 0.493 e. The van der Waals surface area contributed by atoms with Crippen molar-refractivity contribution in [3.8, 4) is 17.2 Å². The number of benzene rings is 2. The topological polar surface area (TPSA) is 69.2 Å². The van der Waals surface area contributed by atoms with Gasteiger partial charge in [0.2, 0.25) is 0 Å². The predicted molar refractivity (Wildman–Crippen MR) is 105 cm³/mol. The van der Waals surface area contributed by atoms with E-state index in [9.17, 15) is 5.11 Å². The number of aryl methyl sites for hydroxylation is 1. The van der Waals surface area contributed by atoms with Crippen molar-refractivity contribution in [2.45, 2.75) is 19.6 Å². The van der Waals surface area contributed by atoms with Crippen LogP contribution in [0.25, 0.3) is 0 Å². The number of aliphatic hydroxyl groups excluding tert-OH is 1. The zero-order valence-electron chi connectivity index (χ0n) is 16.2. The van der Waals surface area contributed by atoms with E-state index in [-0.39, 0.29) is 6.61 Å². The molecule has 0 fully saturated rings. The fraction of sp³-hybridized carbons (Fsp3) is 0.429. The van der Waals surface area contributed by atoms with Crippen molar-refractivity contribution in [3.63, 3.8) is 0 Å². The molecule has 0 aromatic heterocycles. The van der Waals surface area contributed by atoms with E-state index < -0.39 is 6.10 Å². The summed E-state index contributed by atoms with van der Waals surface area (Å²) in [5.74, 6) is 2.19. The van der Waals surface area contributed by atoms with Gasteiger partial charge in [-0.3, -0.25) is 0 Å². The van der Waals surface area contributed by atoms with Gasteiger partial charge in [0.25, 0.3) is 0 Å². The smallest absolute Gasteiger partial charge is 0.161 e. The van der Waals surface area contributed by atoms with Gasteiger partial charge in [-0.15, -0.1) is 0 Å². The molecule has 6 heteroatoms. The Labute approximate surface area is 161 Å². The van der Waals surface area contributed by atoms with E-state index in [0.29, 0.717) is 37.8 Å². The molecule has 0 saturated heterocycles. The fourth-order valence-electron chi connectivity index (χ4n) is 2.49. The summed E-state index contributed by atoms with van der Waals surface area (Å²) in [4.78, 5) is 0. The number of aliphatic hydroxyl groups is 1. The summed E-state index contributed by atoms with van der Waals surface area (Å²) in [6.07, 6.45) is -0.579. The minimum atomic E-state index is -0.579. The Morgan fingerprint density at radius 1 is 1.00 bits per heavy atom. The van der Waals surface area contributed by atoms with Crippen LogP contribution >= 0.6 is 0 Å². The molecule has 2 aromatic carbocycles. The van der Waals surface area contributed by atoms with Crippen molar-refractivity contribution in [1.82, 2.24) is 5.32 Å². The summed E-state index contributed by atoms with van der Waals surface area (Å²) >= 11 is 0. The Balaban J connectivity index is 1.58. The number of hydrogen-bond acceptors (Lipinski definition) is 6. The second-order valence-corrected chi connectivity index (χ2v) is 6.22. The maximum Gasteiger partial charge on any atom is 0.161 e. The van der Waals surface area contributed by atoms with Crippen LogP contribution in [0.2, 0.25) is 0 Å². The highest BCUT2D eigenvalue weighted by atomic mass is 16.5. The van der Waals surface area contributed by atoms with Gasteiger partial charge >= 0.3 is 0 Å². The van der Waals surface area contributed by atoms with Gasteiger partial charge in [-0.25, -0.2) is 0 Å². The summed E-state index contributed by atoms with van der Waals surface area (Å²) in [6, 6.07) is 13.5. The average Bonchev–Trinajstić information content (AvgIpc) is 2.69. The van der Waals surface area contributed by atoms with Crippen LogP contribution in [-0.2, 0) is 11.3 Å². The standard InChI is InChI=1S/C21H29NO5/c1-16-4-7-19(8-5-16)27-11-10-22-13-18(23)15-26-14-17-6-9-20(24-2)21(12-17)25-3/h4-9,12,18,22-23H,10-11,13-15H2,1-3H3/t18-/m0/s1. The molecular weight excluding hydrogens is 346 g/mol. The first-order valence-corrected chi connectivity index (χ1v) is 8.99. The zero-order chi connectivity index (χ0) is 19.5. The van der Waals surface area contributed by atoms with Crippen LogP contribution in [-0.4, -0.2) is 51.7 Å². The highest BCUT2D eigenvalue weighted by Crippen LogP contribution is 2.27. The minimum absolute atomic E-state index is 0.250. The van der Waals surface area contributed by atoms with Gasteiger partial charge < -0.3 is 29.4 Å². The minimum Gasteiger partial charge on any atom is -0.493 e. The lowest BCUT2D eigenvalue weighted by Gasteiger charge is -2.14. The molecule has 0 aliphatic carbocycles. The summed E-state index contributed by atoms with van der Waals surface area (Å²) in [6.45, 7) is 4.33. The van der Waals surface area contributed by atoms with E-state index in [0.717, 1.165) is 11.3 Å². The Kier molecular flexibility index (Phi) is 8.91. The molecule has 2 N–H and O–H groups in total. The first-order chi connectivity index (χ1) is 13.1. The molecule has 1 atom stereocenters. The van der Waals surface area contributed by atoms with Crippen LogP contribution in [0.3, 0.4) is 0 Å². The maximum atomic E-state index is 9.98. The molecule has 6 nitrogen and oxygen atoms in total. The number of nitrogens with one attached hydrogen (secondary N) is 1. The summed E-state index contributed by atoms with van der Waals surface area (Å²) < 4.78 is 21.7. The van der Waals surface area contributed by atoms with E-state index in [4.69, 9.17) is 18.9 Å². The van der Waals surface area contributed by atoms with Crippen molar-refractivity contribution < 1.29 is 24.1 Å².